The molecule has 0 aromatic rings. The van der Waals surface area contributed by atoms with E-state index in [1.54, 1.807) is 0 Å². The van der Waals surface area contributed by atoms with E-state index in [0.717, 1.165) is 25.7 Å². The Labute approximate surface area is 234 Å². The summed E-state index contributed by atoms with van der Waals surface area (Å²) in [7, 11) is 0. The SMILES string of the molecule is CCCCCCCCCCCCNC(=O)CC(NC(=O)CCN)C(=O)NCCCCCCCCCCCC. The molecule has 7 heteroatoms. The minimum atomic E-state index is -0.857. The van der Waals surface area contributed by atoms with E-state index >= 15 is 0 Å². The van der Waals surface area contributed by atoms with E-state index in [2.05, 4.69) is 29.8 Å². The molecular weight excluding hydrogens is 476 g/mol. The maximum atomic E-state index is 12.7. The highest BCUT2D eigenvalue weighted by Crippen LogP contribution is 2.11. The van der Waals surface area contributed by atoms with Crippen LogP contribution in [0.2, 0.25) is 0 Å². The molecule has 0 saturated carbocycles. The molecule has 5 N–H and O–H groups in total. The van der Waals surface area contributed by atoms with Crippen LogP contribution in [0, 0.1) is 0 Å². The fourth-order valence-electron chi connectivity index (χ4n) is 4.65. The van der Waals surface area contributed by atoms with Gasteiger partial charge in [0.1, 0.15) is 6.04 Å². The molecule has 1 unspecified atom stereocenters. The first kappa shape index (κ1) is 36.4. The lowest BCUT2D eigenvalue weighted by atomic mass is 10.1. The standard InChI is InChI=1S/C31H62N4O3/c1-3-5-7-9-11-13-15-17-19-21-25-33-30(37)27-28(35-29(36)23-24-32)31(38)34-26-22-20-18-16-14-12-10-8-6-4-2/h28H,3-27,32H2,1-2H3,(H,33,37)(H,34,38)(H,35,36). The molecular formula is C31H62N4O3. The highest BCUT2D eigenvalue weighted by Gasteiger charge is 2.23. The fourth-order valence-corrected chi connectivity index (χ4v) is 4.65. The predicted octanol–water partition coefficient (Wildman–Crippen LogP) is 6.28. The fraction of sp³-hybridized carbons (Fsp3) is 0.903. The van der Waals surface area contributed by atoms with Gasteiger partial charge in [-0.15, -0.1) is 0 Å². The molecule has 3 amide bonds. The zero-order valence-corrected chi connectivity index (χ0v) is 25.1. The number of hydrogen-bond donors (Lipinski definition) is 4. The number of rotatable bonds is 28. The summed E-state index contributed by atoms with van der Waals surface area (Å²) in [5, 5.41) is 8.51. The summed E-state index contributed by atoms with van der Waals surface area (Å²) in [5.74, 6) is -0.789. The number of unbranched alkanes of at least 4 members (excludes halogenated alkanes) is 18. The van der Waals surface area contributed by atoms with Crippen LogP contribution in [0.15, 0.2) is 0 Å². The Morgan fingerprint density at radius 3 is 1.37 bits per heavy atom. The van der Waals surface area contributed by atoms with E-state index < -0.39 is 6.04 Å². The summed E-state index contributed by atoms with van der Waals surface area (Å²) in [6, 6.07) is -0.857. The molecule has 0 aromatic carbocycles. The lowest BCUT2D eigenvalue weighted by molar-refractivity contribution is -0.131. The molecule has 0 saturated heterocycles. The van der Waals surface area contributed by atoms with Crippen LogP contribution >= 0.6 is 0 Å². The quantitative estimate of drug-likeness (QED) is 0.0877. The largest absolute Gasteiger partial charge is 0.356 e. The van der Waals surface area contributed by atoms with Crippen LogP contribution in [0.4, 0.5) is 0 Å². The van der Waals surface area contributed by atoms with E-state index in [-0.39, 0.29) is 37.1 Å². The number of nitrogens with two attached hydrogens (primary N) is 1. The van der Waals surface area contributed by atoms with E-state index in [1.807, 2.05) is 0 Å². The molecule has 0 bridgehead atoms. The summed E-state index contributed by atoms with van der Waals surface area (Å²) in [6.45, 7) is 5.87. The number of hydrogen-bond acceptors (Lipinski definition) is 4. The monoisotopic (exact) mass is 538 g/mol. The molecule has 0 aliphatic rings. The minimum absolute atomic E-state index is 0.0437. The Morgan fingerprint density at radius 1 is 0.553 bits per heavy atom. The zero-order chi connectivity index (χ0) is 28.1. The Balaban J connectivity index is 4.07. The van der Waals surface area contributed by atoms with Crippen LogP contribution in [0.1, 0.15) is 155 Å². The van der Waals surface area contributed by atoms with E-state index in [0.29, 0.717) is 13.1 Å². The Bertz CT molecular complexity index is 571. The second-order valence-electron chi connectivity index (χ2n) is 10.9. The summed E-state index contributed by atoms with van der Waals surface area (Å²) in [5.41, 5.74) is 5.47. The van der Waals surface area contributed by atoms with Gasteiger partial charge in [0.2, 0.25) is 17.7 Å². The summed E-state index contributed by atoms with van der Waals surface area (Å²) in [6.07, 6.45) is 24.9. The molecule has 1 atom stereocenters. The van der Waals surface area contributed by atoms with Crippen LogP contribution in [0.25, 0.3) is 0 Å². The lowest BCUT2D eigenvalue weighted by Crippen LogP contribution is -2.49. The van der Waals surface area contributed by atoms with Crippen molar-refractivity contribution in [3.05, 3.63) is 0 Å². The maximum absolute atomic E-state index is 12.7. The zero-order valence-electron chi connectivity index (χ0n) is 25.1. The van der Waals surface area contributed by atoms with Gasteiger partial charge in [-0.25, -0.2) is 0 Å². The minimum Gasteiger partial charge on any atom is -0.356 e. The van der Waals surface area contributed by atoms with Crippen molar-refractivity contribution in [3.8, 4) is 0 Å². The van der Waals surface area contributed by atoms with Crippen molar-refractivity contribution < 1.29 is 14.4 Å². The summed E-state index contributed by atoms with van der Waals surface area (Å²) < 4.78 is 0. The highest BCUT2D eigenvalue weighted by molar-refractivity contribution is 5.92. The van der Waals surface area contributed by atoms with Crippen molar-refractivity contribution in [2.24, 2.45) is 5.73 Å². The third kappa shape index (κ3) is 24.7. The second-order valence-corrected chi connectivity index (χ2v) is 10.9. The van der Waals surface area contributed by atoms with Gasteiger partial charge in [0.25, 0.3) is 0 Å². The van der Waals surface area contributed by atoms with Crippen molar-refractivity contribution in [1.29, 1.82) is 0 Å². The number of carbonyl (C=O) groups excluding carboxylic acids is 3. The van der Waals surface area contributed by atoms with Crippen LogP contribution in [0.5, 0.6) is 0 Å². The average molecular weight is 539 g/mol. The van der Waals surface area contributed by atoms with Crippen molar-refractivity contribution in [2.75, 3.05) is 19.6 Å². The number of amides is 3. The molecule has 224 valence electrons. The van der Waals surface area contributed by atoms with Gasteiger partial charge in [0, 0.05) is 26.1 Å². The van der Waals surface area contributed by atoms with Gasteiger partial charge < -0.3 is 21.7 Å². The molecule has 0 aliphatic heterocycles. The number of carbonyl (C=O) groups is 3. The van der Waals surface area contributed by atoms with Crippen molar-refractivity contribution in [3.63, 3.8) is 0 Å². The summed E-state index contributed by atoms with van der Waals surface area (Å²) in [4.78, 5) is 37.2. The predicted molar refractivity (Wildman–Crippen MR) is 160 cm³/mol. The molecule has 0 radical (unpaired) electrons. The van der Waals surface area contributed by atoms with Crippen LogP contribution in [-0.4, -0.2) is 43.4 Å². The molecule has 0 rings (SSSR count). The van der Waals surface area contributed by atoms with Gasteiger partial charge >= 0.3 is 0 Å². The maximum Gasteiger partial charge on any atom is 0.243 e. The first-order valence-corrected chi connectivity index (χ1v) is 16.1. The first-order chi connectivity index (χ1) is 18.5. The third-order valence-corrected chi connectivity index (χ3v) is 7.09. The van der Waals surface area contributed by atoms with Crippen molar-refractivity contribution in [2.45, 2.75) is 161 Å². The second kappa shape index (κ2) is 28.4. The number of nitrogens with one attached hydrogen (secondary N) is 3. The molecule has 0 heterocycles. The highest BCUT2D eigenvalue weighted by atomic mass is 16.2. The molecule has 7 nitrogen and oxygen atoms in total. The Kier molecular flexibility index (Phi) is 27.2. The normalized spacial score (nSPS) is 11.8. The smallest absolute Gasteiger partial charge is 0.243 e. The lowest BCUT2D eigenvalue weighted by Gasteiger charge is -2.18. The summed E-state index contributed by atoms with van der Waals surface area (Å²) >= 11 is 0. The van der Waals surface area contributed by atoms with Gasteiger partial charge in [-0.2, -0.15) is 0 Å². The molecule has 0 aliphatic carbocycles. The molecule has 0 spiro atoms. The molecule has 0 fully saturated rings. The average Bonchev–Trinajstić information content (AvgIpc) is 2.90. The van der Waals surface area contributed by atoms with Crippen LogP contribution in [-0.2, 0) is 14.4 Å². The first-order valence-electron chi connectivity index (χ1n) is 16.1. The Hall–Kier alpha value is -1.63. The topological polar surface area (TPSA) is 113 Å². The van der Waals surface area contributed by atoms with E-state index in [4.69, 9.17) is 5.73 Å². The van der Waals surface area contributed by atoms with Gasteiger partial charge in [-0.05, 0) is 12.8 Å². The van der Waals surface area contributed by atoms with E-state index in [1.165, 1.54) is 103 Å². The van der Waals surface area contributed by atoms with E-state index in [9.17, 15) is 14.4 Å². The van der Waals surface area contributed by atoms with Crippen LogP contribution in [0.3, 0.4) is 0 Å². The Morgan fingerprint density at radius 2 is 0.947 bits per heavy atom. The van der Waals surface area contributed by atoms with Gasteiger partial charge in [0.05, 0.1) is 6.42 Å². The van der Waals surface area contributed by atoms with Crippen molar-refractivity contribution >= 4 is 17.7 Å². The van der Waals surface area contributed by atoms with Gasteiger partial charge in [-0.3, -0.25) is 14.4 Å². The third-order valence-electron chi connectivity index (χ3n) is 7.09. The van der Waals surface area contributed by atoms with Crippen molar-refractivity contribution in [1.82, 2.24) is 16.0 Å². The van der Waals surface area contributed by atoms with Crippen LogP contribution < -0.4 is 21.7 Å². The van der Waals surface area contributed by atoms with Gasteiger partial charge in [0.15, 0.2) is 0 Å². The molecule has 0 aromatic heterocycles. The van der Waals surface area contributed by atoms with Gasteiger partial charge in [-0.1, -0.05) is 129 Å². The molecule has 38 heavy (non-hydrogen) atoms.